The first-order valence-corrected chi connectivity index (χ1v) is 6.44. The SMILES string of the molecule is CC(COc1cccc(CO)c1)(NC1CC1)C(N)=O. The van der Waals surface area contributed by atoms with Crippen molar-refractivity contribution < 1.29 is 14.6 Å². The van der Waals surface area contributed by atoms with Crippen molar-refractivity contribution in [3.8, 4) is 5.75 Å². The number of hydrogen-bond acceptors (Lipinski definition) is 4. The van der Waals surface area contributed by atoms with Crippen LogP contribution in [0, 0.1) is 0 Å². The summed E-state index contributed by atoms with van der Waals surface area (Å²) in [4.78, 5) is 11.6. The van der Waals surface area contributed by atoms with Crippen LogP contribution in [-0.2, 0) is 11.4 Å². The van der Waals surface area contributed by atoms with Crippen LogP contribution in [0.5, 0.6) is 5.75 Å². The van der Waals surface area contributed by atoms with E-state index < -0.39 is 11.4 Å². The average molecular weight is 264 g/mol. The van der Waals surface area contributed by atoms with E-state index in [4.69, 9.17) is 15.6 Å². The molecule has 1 amide bonds. The molecule has 1 fully saturated rings. The lowest BCUT2D eigenvalue weighted by molar-refractivity contribution is -0.125. The largest absolute Gasteiger partial charge is 0.491 e. The molecule has 0 heterocycles. The topological polar surface area (TPSA) is 84.6 Å². The first kappa shape index (κ1) is 13.8. The smallest absolute Gasteiger partial charge is 0.240 e. The van der Waals surface area contributed by atoms with Crippen LogP contribution in [0.15, 0.2) is 24.3 Å². The van der Waals surface area contributed by atoms with Crippen molar-refractivity contribution in [2.45, 2.75) is 38.0 Å². The zero-order valence-corrected chi connectivity index (χ0v) is 11.1. The average Bonchev–Trinajstić information content (AvgIpc) is 3.20. The minimum Gasteiger partial charge on any atom is -0.491 e. The van der Waals surface area contributed by atoms with Crippen LogP contribution in [0.1, 0.15) is 25.3 Å². The molecule has 0 aliphatic heterocycles. The molecule has 0 aromatic heterocycles. The third-order valence-corrected chi connectivity index (χ3v) is 3.25. The maximum atomic E-state index is 11.6. The fourth-order valence-electron chi connectivity index (χ4n) is 1.82. The van der Waals surface area contributed by atoms with Crippen molar-refractivity contribution in [3.63, 3.8) is 0 Å². The number of rotatable bonds is 7. The predicted molar refractivity (Wildman–Crippen MR) is 71.6 cm³/mol. The zero-order chi connectivity index (χ0) is 13.9. The lowest BCUT2D eigenvalue weighted by Crippen LogP contribution is -2.57. The minimum atomic E-state index is -0.865. The Morgan fingerprint density at radius 3 is 2.89 bits per heavy atom. The highest BCUT2D eigenvalue weighted by Crippen LogP contribution is 2.23. The number of ether oxygens (including phenoxy) is 1. The number of amides is 1. The van der Waals surface area contributed by atoms with Crippen molar-refractivity contribution in [1.82, 2.24) is 5.32 Å². The van der Waals surface area contributed by atoms with Crippen molar-refractivity contribution in [3.05, 3.63) is 29.8 Å². The van der Waals surface area contributed by atoms with E-state index in [0.29, 0.717) is 11.8 Å². The van der Waals surface area contributed by atoms with Gasteiger partial charge in [-0.15, -0.1) is 0 Å². The highest BCUT2D eigenvalue weighted by molar-refractivity contribution is 5.84. The maximum absolute atomic E-state index is 11.6. The number of carbonyl (C=O) groups is 1. The summed E-state index contributed by atoms with van der Waals surface area (Å²) in [6, 6.07) is 7.51. The van der Waals surface area contributed by atoms with Gasteiger partial charge in [0.15, 0.2) is 0 Å². The molecule has 104 valence electrons. The summed E-state index contributed by atoms with van der Waals surface area (Å²) in [6.45, 7) is 1.89. The molecule has 1 aromatic rings. The Bertz CT molecular complexity index is 460. The zero-order valence-electron chi connectivity index (χ0n) is 11.1. The first-order chi connectivity index (χ1) is 9.03. The van der Waals surface area contributed by atoms with Crippen LogP contribution in [0.2, 0.25) is 0 Å². The third kappa shape index (κ3) is 3.68. The van der Waals surface area contributed by atoms with Crippen LogP contribution < -0.4 is 15.8 Å². The molecule has 1 saturated carbocycles. The molecule has 1 aliphatic carbocycles. The van der Waals surface area contributed by atoms with Gasteiger partial charge in [0.05, 0.1) is 6.61 Å². The summed E-state index contributed by atoms with van der Waals surface area (Å²) >= 11 is 0. The fourth-order valence-corrected chi connectivity index (χ4v) is 1.82. The molecule has 1 unspecified atom stereocenters. The Labute approximate surface area is 112 Å². The van der Waals surface area contributed by atoms with Gasteiger partial charge in [-0.25, -0.2) is 0 Å². The lowest BCUT2D eigenvalue weighted by atomic mass is 10.0. The second-order valence-electron chi connectivity index (χ2n) is 5.21. The van der Waals surface area contributed by atoms with Gasteiger partial charge >= 0.3 is 0 Å². The standard InChI is InChI=1S/C14H20N2O3/c1-14(13(15)18,16-11-5-6-11)9-19-12-4-2-3-10(7-12)8-17/h2-4,7,11,16-17H,5-6,8-9H2,1H3,(H2,15,18). The van der Waals surface area contributed by atoms with Crippen molar-refractivity contribution in [2.75, 3.05) is 6.61 Å². The third-order valence-electron chi connectivity index (χ3n) is 3.25. The fraction of sp³-hybridized carbons (Fsp3) is 0.500. The Morgan fingerprint density at radius 2 is 2.32 bits per heavy atom. The summed E-state index contributed by atoms with van der Waals surface area (Å²) in [7, 11) is 0. The number of carbonyl (C=O) groups excluding carboxylic acids is 1. The van der Waals surface area contributed by atoms with Gasteiger partial charge in [0.1, 0.15) is 17.9 Å². The molecular weight excluding hydrogens is 244 g/mol. The number of aliphatic hydroxyl groups excluding tert-OH is 1. The lowest BCUT2D eigenvalue weighted by Gasteiger charge is -2.27. The normalized spacial score (nSPS) is 17.8. The van der Waals surface area contributed by atoms with Gasteiger partial charge in [-0.3, -0.25) is 10.1 Å². The van der Waals surface area contributed by atoms with Gasteiger partial charge in [0.25, 0.3) is 0 Å². The second-order valence-corrected chi connectivity index (χ2v) is 5.21. The second kappa shape index (κ2) is 5.59. The predicted octanol–water partition coefficient (Wildman–Crippen LogP) is 0.554. The molecular formula is C14H20N2O3. The summed E-state index contributed by atoms with van der Waals surface area (Å²) in [5.41, 5.74) is 5.35. The van der Waals surface area contributed by atoms with E-state index in [1.165, 1.54) is 0 Å². The molecule has 0 spiro atoms. The maximum Gasteiger partial charge on any atom is 0.240 e. The Hall–Kier alpha value is -1.59. The van der Waals surface area contributed by atoms with Gasteiger partial charge in [-0.05, 0) is 37.5 Å². The number of primary amides is 1. The van der Waals surface area contributed by atoms with Crippen molar-refractivity contribution in [2.24, 2.45) is 5.73 Å². The van der Waals surface area contributed by atoms with Gasteiger partial charge in [0.2, 0.25) is 5.91 Å². The minimum absolute atomic E-state index is 0.0371. The van der Waals surface area contributed by atoms with E-state index >= 15 is 0 Å². The van der Waals surface area contributed by atoms with Gasteiger partial charge < -0.3 is 15.6 Å². The molecule has 5 heteroatoms. The molecule has 1 aliphatic rings. The number of benzene rings is 1. The summed E-state index contributed by atoms with van der Waals surface area (Å²) in [6.07, 6.45) is 2.14. The highest BCUT2D eigenvalue weighted by atomic mass is 16.5. The van der Waals surface area contributed by atoms with Crippen LogP contribution in [-0.4, -0.2) is 29.2 Å². The van der Waals surface area contributed by atoms with E-state index in [1.807, 2.05) is 6.07 Å². The summed E-state index contributed by atoms with van der Waals surface area (Å²) in [5, 5.41) is 12.3. The van der Waals surface area contributed by atoms with E-state index in [2.05, 4.69) is 5.32 Å². The highest BCUT2D eigenvalue weighted by Gasteiger charge is 2.37. The number of nitrogens with one attached hydrogen (secondary N) is 1. The van der Waals surface area contributed by atoms with Crippen LogP contribution in [0.25, 0.3) is 0 Å². The molecule has 5 nitrogen and oxygen atoms in total. The monoisotopic (exact) mass is 264 g/mol. The summed E-state index contributed by atoms with van der Waals surface area (Å²) < 4.78 is 5.63. The number of nitrogens with two attached hydrogens (primary N) is 1. The van der Waals surface area contributed by atoms with Gasteiger partial charge in [0, 0.05) is 6.04 Å². The first-order valence-electron chi connectivity index (χ1n) is 6.44. The molecule has 19 heavy (non-hydrogen) atoms. The molecule has 4 N–H and O–H groups in total. The number of hydrogen-bond donors (Lipinski definition) is 3. The van der Waals surface area contributed by atoms with E-state index in [-0.39, 0.29) is 13.2 Å². The Morgan fingerprint density at radius 1 is 1.58 bits per heavy atom. The molecule has 0 saturated heterocycles. The van der Waals surface area contributed by atoms with Crippen LogP contribution in [0.3, 0.4) is 0 Å². The van der Waals surface area contributed by atoms with Crippen molar-refractivity contribution in [1.29, 1.82) is 0 Å². The molecule has 1 aromatic carbocycles. The van der Waals surface area contributed by atoms with Gasteiger partial charge in [-0.1, -0.05) is 12.1 Å². The van der Waals surface area contributed by atoms with E-state index in [9.17, 15) is 4.79 Å². The molecule has 2 rings (SSSR count). The van der Waals surface area contributed by atoms with Crippen LogP contribution in [0.4, 0.5) is 0 Å². The Balaban J connectivity index is 1.99. The molecule has 0 radical (unpaired) electrons. The molecule has 1 atom stereocenters. The quantitative estimate of drug-likeness (QED) is 0.671. The molecule has 0 bridgehead atoms. The van der Waals surface area contributed by atoms with E-state index in [0.717, 1.165) is 18.4 Å². The van der Waals surface area contributed by atoms with Crippen molar-refractivity contribution >= 4 is 5.91 Å². The van der Waals surface area contributed by atoms with Gasteiger partial charge in [-0.2, -0.15) is 0 Å². The number of aliphatic hydroxyl groups is 1. The van der Waals surface area contributed by atoms with E-state index in [1.54, 1.807) is 25.1 Å². The summed E-state index contributed by atoms with van der Waals surface area (Å²) in [5.74, 6) is 0.203. The van der Waals surface area contributed by atoms with Crippen LogP contribution >= 0.6 is 0 Å². The Kier molecular flexibility index (Phi) is 4.07.